The fourth-order valence-electron chi connectivity index (χ4n) is 2.42. The van der Waals surface area contributed by atoms with Gasteiger partial charge < -0.3 is 9.29 Å². The number of nitrogens with zero attached hydrogens (tertiary/aromatic N) is 1. The Morgan fingerprint density at radius 1 is 1.22 bits per heavy atom. The van der Waals surface area contributed by atoms with Crippen molar-refractivity contribution in [1.29, 1.82) is 0 Å². The summed E-state index contributed by atoms with van der Waals surface area (Å²) in [6.07, 6.45) is 1.80. The molecule has 0 aliphatic heterocycles. The number of hydrogen-bond acceptors (Lipinski definition) is 5. The molecule has 0 saturated heterocycles. The molecule has 0 unspecified atom stereocenters. The molecule has 2 aromatic rings. The van der Waals surface area contributed by atoms with E-state index in [0.717, 1.165) is 6.07 Å². The Bertz CT molecular complexity index is 830. The zero-order valence-corrected chi connectivity index (χ0v) is 13.7. The van der Waals surface area contributed by atoms with Gasteiger partial charge in [0.25, 0.3) is 0 Å². The van der Waals surface area contributed by atoms with Gasteiger partial charge in [0.1, 0.15) is 16.7 Å². The molecule has 2 rings (SSSR count). The standard InChI is InChI=1S/C16H17NO5S/c1-12(18)16-13(6-5-8-15(16)23(19,20)21)14-7-3-4-9-17(14)10-11-22-2/h3-9H,10-11H2,1-2H3. The summed E-state index contributed by atoms with van der Waals surface area (Å²) in [5.74, 6) is -0.475. The second-order valence-corrected chi connectivity index (χ2v) is 6.31. The molecule has 0 bridgehead atoms. The minimum absolute atomic E-state index is 0.0835. The number of pyridine rings is 1. The molecule has 1 heterocycles. The third-order valence-corrected chi connectivity index (χ3v) is 4.28. The SMILES string of the molecule is COCC[n+]1ccccc1-c1cccc(S(=O)(=O)[O-])c1C(C)=O. The Morgan fingerprint density at radius 3 is 2.57 bits per heavy atom. The largest absolute Gasteiger partial charge is 0.744 e. The summed E-state index contributed by atoms with van der Waals surface area (Å²) in [7, 11) is -3.17. The number of rotatable bonds is 6. The van der Waals surface area contributed by atoms with Gasteiger partial charge in [0.05, 0.1) is 10.5 Å². The summed E-state index contributed by atoms with van der Waals surface area (Å²) in [5, 5.41) is 0. The van der Waals surface area contributed by atoms with Crippen LogP contribution in [0.5, 0.6) is 0 Å². The molecule has 0 aliphatic carbocycles. The van der Waals surface area contributed by atoms with Crippen molar-refractivity contribution in [2.75, 3.05) is 13.7 Å². The molecule has 122 valence electrons. The van der Waals surface area contributed by atoms with Crippen LogP contribution >= 0.6 is 0 Å². The molecular formula is C16H17NO5S. The molecule has 0 atom stereocenters. The van der Waals surface area contributed by atoms with Crippen molar-refractivity contribution in [1.82, 2.24) is 0 Å². The maximum atomic E-state index is 12.0. The lowest BCUT2D eigenvalue weighted by atomic mass is 10.0. The number of methoxy groups -OCH3 is 1. The molecule has 1 aromatic heterocycles. The van der Waals surface area contributed by atoms with Gasteiger partial charge in [-0.15, -0.1) is 0 Å². The highest BCUT2D eigenvalue weighted by Crippen LogP contribution is 2.27. The van der Waals surface area contributed by atoms with Gasteiger partial charge in [-0.1, -0.05) is 6.07 Å². The molecule has 6 nitrogen and oxygen atoms in total. The van der Waals surface area contributed by atoms with Crippen molar-refractivity contribution in [3.63, 3.8) is 0 Å². The Hall–Kier alpha value is -2.09. The van der Waals surface area contributed by atoms with Crippen molar-refractivity contribution in [3.8, 4) is 11.3 Å². The second kappa shape index (κ2) is 6.99. The first-order valence-corrected chi connectivity index (χ1v) is 8.34. The van der Waals surface area contributed by atoms with Crippen LogP contribution in [0, 0.1) is 0 Å². The average Bonchev–Trinajstić information content (AvgIpc) is 2.51. The predicted molar refractivity (Wildman–Crippen MR) is 81.9 cm³/mol. The van der Waals surface area contributed by atoms with Crippen molar-refractivity contribution >= 4 is 15.9 Å². The van der Waals surface area contributed by atoms with Crippen molar-refractivity contribution < 1.29 is 27.1 Å². The molecule has 7 heteroatoms. The first-order chi connectivity index (χ1) is 10.9. The highest BCUT2D eigenvalue weighted by molar-refractivity contribution is 7.85. The molecule has 0 saturated carbocycles. The van der Waals surface area contributed by atoms with E-state index >= 15 is 0 Å². The van der Waals surface area contributed by atoms with E-state index in [2.05, 4.69) is 0 Å². The third-order valence-electron chi connectivity index (χ3n) is 3.40. The highest BCUT2D eigenvalue weighted by Gasteiger charge is 2.23. The summed E-state index contributed by atoms with van der Waals surface area (Å²) in [6.45, 7) is 2.23. The molecule has 0 radical (unpaired) electrons. The van der Waals surface area contributed by atoms with E-state index < -0.39 is 20.8 Å². The Morgan fingerprint density at radius 2 is 1.96 bits per heavy atom. The van der Waals surface area contributed by atoms with Gasteiger partial charge in [0.15, 0.2) is 18.5 Å². The maximum absolute atomic E-state index is 12.0. The molecule has 1 aromatic carbocycles. The topological polar surface area (TPSA) is 87.4 Å². The number of carbonyl (C=O) groups excluding carboxylic acids is 1. The number of Topliss-reactive ketones (excluding diaryl/α,β-unsaturated/α-hetero) is 1. The van der Waals surface area contributed by atoms with Gasteiger partial charge in [-0.3, -0.25) is 4.79 Å². The van der Waals surface area contributed by atoms with Gasteiger partial charge in [0, 0.05) is 24.8 Å². The minimum atomic E-state index is -4.74. The summed E-state index contributed by atoms with van der Waals surface area (Å²) < 4.78 is 41.3. The monoisotopic (exact) mass is 335 g/mol. The van der Waals surface area contributed by atoms with E-state index in [0.29, 0.717) is 24.4 Å². The van der Waals surface area contributed by atoms with Gasteiger partial charge in [-0.05, 0) is 25.1 Å². The van der Waals surface area contributed by atoms with E-state index in [1.165, 1.54) is 13.0 Å². The molecule has 0 N–H and O–H groups in total. The van der Waals surface area contributed by atoms with Crippen LogP contribution in [-0.4, -0.2) is 32.5 Å². The van der Waals surface area contributed by atoms with E-state index in [1.807, 2.05) is 10.6 Å². The fraction of sp³-hybridized carbons (Fsp3) is 0.250. The summed E-state index contributed by atoms with van der Waals surface area (Å²) in [6, 6.07) is 9.61. The number of aromatic nitrogens is 1. The van der Waals surface area contributed by atoms with Crippen LogP contribution in [0.15, 0.2) is 47.5 Å². The summed E-state index contributed by atoms with van der Waals surface area (Å²) in [5.41, 5.74) is 0.964. The van der Waals surface area contributed by atoms with Crippen molar-refractivity contribution in [2.45, 2.75) is 18.4 Å². The molecule has 0 spiro atoms. The Kier molecular flexibility index (Phi) is 5.25. The number of carbonyl (C=O) groups is 1. The highest BCUT2D eigenvalue weighted by atomic mass is 32.2. The van der Waals surface area contributed by atoms with Gasteiger partial charge in [-0.25, -0.2) is 8.42 Å². The molecule has 0 aliphatic rings. The minimum Gasteiger partial charge on any atom is -0.744 e. The summed E-state index contributed by atoms with van der Waals surface area (Å²) >= 11 is 0. The molecule has 0 amide bonds. The van der Waals surface area contributed by atoms with Crippen LogP contribution in [0.3, 0.4) is 0 Å². The normalized spacial score (nSPS) is 11.4. The molecule has 0 fully saturated rings. The van der Waals surface area contributed by atoms with Crippen LogP contribution in [-0.2, 0) is 21.4 Å². The Labute approximate surface area is 135 Å². The first kappa shape index (κ1) is 17.3. The zero-order valence-electron chi connectivity index (χ0n) is 12.9. The lowest BCUT2D eigenvalue weighted by Crippen LogP contribution is -2.38. The second-order valence-electron chi connectivity index (χ2n) is 4.96. The maximum Gasteiger partial charge on any atom is 0.213 e. The van der Waals surface area contributed by atoms with Gasteiger partial charge >= 0.3 is 0 Å². The number of hydrogen-bond donors (Lipinski definition) is 0. The van der Waals surface area contributed by atoms with E-state index in [1.54, 1.807) is 31.5 Å². The van der Waals surface area contributed by atoms with Crippen molar-refractivity contribution in [3.05, 3.63) is 48.2 Å². The third kappa shape index (κ3) is 3.82. The number of ether oxygens (including phenoxy) is 1. The van der Waals surface area contributed by atoms with Gasteiger partial charge in [0.2, 0.25) is 5.69 Å². The van der Waals surface area contributed by atoms with Crippen LogP contribution in [0.4, 0.5) is 0 Å². The van der Waals surface area contributed by atoms with Crippen LogP contribution in [0.1, 0.15) is 17.3 Å². The predicted octanol–water partition coefficient (Wildman–Crippen LogP) is 1.39. The van der Waals surface area contributed by atoms with Crippen LogP contribution in [0.25, 0.3) is 11.3 Å². The fourth-order valence-corrected chi connectivity index (χ4v) is 3.17. The number of benzene rings is 1. The zero-order chi connectivity index (χ0) is 17.0. The average molecular weight is 335 g/mol. The Balaban J connectivity index is 2.72. The van der Waals surface area contributed by atoms with E-state index in [-0.39, 0.29) is 5.56 Å². The molecular weight excluding hydrogens is 318 g/mol. The smallest absolute Gasteiger partial charge is 0.213 e. The summed E-state index contributed by atoms with van der Waals surface area (Å²) in [4.78, 5) is 11.5. The van der Waals surface area contributed by atoms with E-state index in [4.69, 9.17) is 4.74 Å². The van der Waals surface area contributed by atoms with Crippen molar-refractivity contribution in [2.24, 2.45) is 0 Å². The lowest BCUT2D eigenvalue weighted by molar-refractivity contribution is -0.687. The van der Waals surface area contributed by atoms with E-state index in [9.17, 15) is 17.8 Å². The van der Waals surface area contributed by atoms with Crippen LogP contribution < -0.4 is 4.57 Å². The number of ketones is 1. The first-order valence-electron chi connectivity index (χ1n) is 6.94. The lowest BCUT2D eigenvalue weighted by Gasteiger charge is -2.14. The van der Waals surface area contributed by atoms with Crippen LogP contribution in [0.2, 0.25) is 0 Å². The quantitative estimate of drug-likeness (QED) is 0.452. The van der Waals surface area contributed by atoms with Gasteiger partial charge in [-0.2, -0.15) is 4.57 Å². The molecule has 23 heavy (non-hydrogen) atoms.